The lowest BCUT2D eigenvalue weighted by Crippen LogP contribution is -1.93. The van der Waals surface area contributed by atoms with Crippen molar-refractivity contribution in [1.82, 2.24) is 4.98 Å². The molecule has 1 aliphatic rings. The van der Waals surface area contributed by atoms with E-state index in [2.05, 4.69) is 11.4 Å². The molecule has 1 saturated carbocycles. The average Bonchev–Trinajstić information content (AvgIpc) is 3.19. The first-order valence-corrected chi connectivity index (χ1v) is 7.33. The van der Waals surface area contributed by atoms with Gasteiger partial charge in [0.25, 0.3) is 0 Å². The number of ether oxygens (including phenoxy) is 2. The largest absolute Gasteiger partial charge is 0.493 e. The maximum absolute atomic E-state index is 5.33. The van der Waals surface area contributed by atoms with Gasteiger partial charge < -0.3 is 9.47 Å². The van der Waals surface area contributed by atoms with Crippen LogP contribution in [0.5, 0.6) is 11.5 Å². The van der Waals surface area contributed by atoms with E-state index in [1.807, 2.05) is 12.1 Å². The fourth-order valence-corrected chi connectivity index (χ4v) is 3.05. The highest BCUT2D eigenvalue weighted by molar-refractivity contribution is 7.09. The Morgan fingerprint density at radius 1 is 1.21 bits per heavy atom. The number of thiazole rings is 1. The van der Waals surface area contributed by atoms with Gasteiger partial charge in [0.15, 0.2) is 11.5 Å². The van der Waals surface area contributed by atoms with Crippen molar-refractivity contribution in [2.24, 2.45) is 0 Å². The third kappa shape index (κ3) is 2.73. The Kier molecular flexibility index (Phi) is 3.42. The van der Waals surface area contributed by atoms with E-state index < -0.39 is 0 Å². The summed E-state index contributed by atoms with van der Waals surface area (Å²) in [4.78, 5) is 4.71. The molecule has 2 aromatic rings. The van der Waals surface area contributed by atoms with Crippen LogP contribution < -0.4 is 9.47 Å². The molecule has 4 heteroatoms. The molecule has 0 aliphatic heterocycles. The Morgan fingerprint density at radius 3 is 2.68 bits per heavy atom. The zero-order chi connectivity index (χ0) is 13.2. The van der Waals surface area contributed by atoms with E-state index in [9.17, 15) is 0 Å². The van der Waals surface area contributed by atoms with Gasteiger partial charge in [-0.3, -0.25) is 0 Å². The summed E-state index contributed by atoms with van der Waals surface area (Å²) in [5.41, 5.74) is 2.48. The van der Waals surface area contributed by atoms with Crippen molar-refractivity contribution in [1.29, 1.82) is 0 Å². The molecule has 1 fully saturated rings. The summed E-state index contributed by atoms with van der Waals surface area (Å²) in [5.74, 6) is 2.28. The van der Waals surface area contributed by atoms with Crippen LogP contribution in [0.3, 0.4) is 0 Å². The number of methoxy groups -OCH3 is 2. The second-order valence-electron chi connectivity index (χ2n) is 4.81. The van der Waals surface area contributed by atoms with Crippen LogP contribution in [0.4, 0.5) is 0 Å². The molecule has 3 rings (SSSR count). The number of hydrogen-bond donors (Lipinski definition) is 0. The van der Waals surface area contributed by atoms with E-state index in [1.54, 1.807) is 25.6 Å². The Morgan fingerprint density at radius 2 is 2.00 bits per heavy atom. The Balaban J connectivity index is 1.77. The Labute approximate surface area is 117 Å². The summed E-state index contributed by atoms with van der Waals surface area (Å²) >= 11 is 1.75. The van der Waals surface area contributed by atoms with Crippen LogP contribution in [0.2, 0.25) is 0 Å². The normalized spacial score (nSPS) is 14.4. The quantitative estimate of drug-likeness (QED) is 0.835. The van der Waals surface area contributed by atoms with Crippen LogP contribution in [-0.4, -0.2) is 19.2 Å². The highest BCUT2D eigenvalue weighted by Crippen LogP contribution is 2.40. The predicted molar refractivity (Wildman–Crippen MR) is 76.4 cm³/mol. The molecule has 3 nitrogen and oxygen atoms in total. The molecular weight excluding hydrogens is 258 g/mol. The molecule has 1 aromatic heterocycles. The zero-order valence-electron chi connectivity index (χ0n) is 11.2. The summed E-state index contributed by atoms with van der Waals surface area (Å²) < 4.78 is 10.6. The summed E-state index contributed by atoms with van der Waals surface area (Å²) in [7, 11) is 3.32. The lowest BCUT2D eigenvalue weighted by atomic mass is 10.1. The molecule has 0 N–H and O–H groups in total. The summed E-state index contributed by atoms with van der Waals surface area (Å²) in [5, 5.41) is 3.38. The Bertz CT molecular complexity index is 575. The second-order valence-corrected chi connectivity index (χ2v) is 5.75. The lowest BCUT2D eigenvalue weighted by molar-refractivity contribution is 0.354. The van der Waals surface area contributed by atoms with Crippen LogP contribution >= 0.6 is 11.3 Å². The average molecular weight is 275 g/mol. The summed E-state index contributed by atoms with van der Waals surface area (Å²) in [6.07, 6.45) is 3.47. The minimum Gasteiger partial charge on any atom is -0.493 e. The minimum atomic E-state index is 0.732. The number of rotatable bonds is 5. The summed E-state index contributed by atoms with van der Waals surface area (Å²) in [6, 6.07) is 6.04. The molecular formula is C15H17NO2S. The molecule has 1 aromatic carbocycles. The number of hydrogen-bond acceptors (Lipinski definition) is 4. The van der Waals surface area contributed by atoms with Crippen LogP contribution in [0, 0.1) is 0 Å². The monoisotopic (exact) mass is 275 g/mol. The van der Waals surface area contributed by atoms with Crippen LogP contribution in [-0.2, 0) is 6.42 Å². The van der Waals surface area contributed by atoms with Gasteiger partial charge in [-0.05, 0) is 30.5 Å². The van der Waals surface area contributed by atoms with Gasteiger partial charge in [-0.25, -0.2) is 4.98 Å². The molecule has 0 saturated heterocycles. The van der Waals surface area contributed by atoms with Gasteiger partial charge in [0, 0.05) is 17.7 Å². The van der Waals surface area contributed by atoms with Gasteiger partial charge in [0.05, 0.1) is 24.9 Å². The van der Waals surface area contributed by atoms with E-state index in [0.717, 1.165) is 23.8 Å². The first kappa shape index (κ1) is 12.5. The van der Waals surface area contributed by atoms with E-state index in [0.29, 0.717) is 0 Å². The molecule has 0 spiro atoms. The van der Waals surface area contributed by atoms with Crippen molar-refractivity contribution in [2.75, 3.05) is 14.2 Å². The topological polar surface area (TPSA) is 31.4 Å². The molecule has 0 bridgehead atoms. The van der Waals surface area contributed by atoms with Crippen LogP contribution in [0.1, 0.15) is 35.0 Å². The van der Waals surface area contributed by atoms with E-state index >= 15 is 0 Å². The second kappa shape index (κ2) is 5.21. The molecule has 1 heterocycles. The molecule has 0 radical (unpaired) electrons. The molecule has 1 aliphatic carbocycles. The van der Waals surface area contributed by atoms with E-state index in [1.165, 1.54) is 29.1 Å². The fraction of sp³-hybridized carbons (Fsp3) is 0.400. The predicted octanol–water partition coefficient (Wildman–Crippen LogP) is 3.63. The van der Waals surface area contributed by atoms with Crippen LogP contribution in [0.25, 0.3) is 0 Å². The maximum Gasteiger partial charge on any atom is 0.160 e. The fourth-order valence-electron chi connectivity index (χ4n) is 2.14. The van der Waals surface area contributed by atoms with E-state index in [-0.39, 0.29) is 0 Å². The maximum atomic E-state index is 5.33. The third-order valence-electron chi connectivity index (χ3n) is 3.37. The van der Waals surface area contributed by atoms with Crippen molar-refractivity contribution in [3.8, 4) is 11.5 Å². The van der Waals surface area contributed by atoms with Gasteiger partial charge in [0.1, 0.15) is 0 Å². The minimum absolute atomic E-state index is 0.732. The highest BCUT2D eigenvalue weighted by Gasteiger charge is 2.25. The van der Waals surface area contributed by atoms with Crippen molar-refractivity contribution in [3.05, 3.63) is 39.8 Å². The molecule has 0 amide bonds. The number of aromatic nitrogens is 1. The molecule has 0 atom stereocenters. The van der Waals surface area contributed by atoms with Crippen molar-refractivity contribution >= 4 is 11.3 Å². The van der Waals surface area contributed by atoms with Gasteiger partial charge >= 0.3 is 0 Å². The standard InChI is InChI=1S/C15H17NO2S/c1-17-13-6-3-10(7-14(13)18-2)8-15-16-12(9-19-15)11-4-5-11/h3,6-7,9,11H,4-5,8H2,1-2H3. The van der Waals surface area contributed by atoms with Gasteiger partial charge in [0.2, 0.25) is 0 Å². The van der Waals surface area contributed by atoms with Crippen molar-refractivity contribution in [2.45, 2.75) is 25.2 Å². The van der Waals surface area contributed by atoms with Crippen molar-refractivity contribution < 1.29 is 9.47 Å². The Hall–Kier alpha value is -1.55. The number of nitrogens with zero attached hydrogens (tertiary/aromatic N) is 1. The summed E-state index contributed by atoms with van der Waals surface area (Å²) in [6.45, 7) is 0. The lowest BCUT2D eigenvalue weighted by Gasteiger charge is -2.08. The van der Waals surface area contributed by atoms with Gasteiger partial charge in [-0.1, -0.05) is 6.07 Å². The first-order chi connectivity index (χ1) is 9.30. The van der Waals surface area contributed by atoms with Gasteiger partial charge in [-0.2, -0.15) is 0 Å². The first-order valence-electron chi connectivity index (χ1n) is 6.45. The zero-order valence-corrected chi connectivity index (χ0v) is 12.0. The SMILES string of the molecule is COc1ccc(Cc2nc(C3CC3)cs2)cc1OC. The van der Waals surface area contributed by atoms with Crippen molar-refractivity contribution in [3.63, 3.8) is 0 Å². The molecule has 100 valence electrons. The smallest absolute Gasteiger partial charge is 0.160 e. The van der Waals surface area contributed by atoms with E-state index in [4.69, 9.17) is 14.5 Å². The molecule has 19 heavy (non-hydrogen) atoms. The molecule has 0 unspecified atom stereocenters. The number of benzene rings is 1. The third-order valence-corrected chi connectivity index (χ3v) is 4.24. The highest BCUT2D eigenvalue weighted by atomic mass is 32.1. The van der Waals surface area contributed by atoms with Crippen LogP contribution in [0.15, 0.2) is 23.6 Å². The van der Waals surface area contributed by atoms with Gasteiger partial charge in [-0.15, -0.1) is 11.3 Å².